The number of hydrogen-bond acceptors (Lipinski definition) is 8. The first kappa shape index (κ1) is 29.2. The molecule has 10 heteroatoms. The maximum absolute atomic E-state index is 12.2. The lowest BCUT2D eigenvalue weighted by atomic mass is 9.91. The lowest BCUT2D eigenvalue weighted by Gasteiger charge is -2.41. The van der Waals surface area contributed by atoms with Crippen LogP contribution in [0.5, 0.6) is 0 Å². The summed E-state index contributed by atoms with van der Waals surface area (Å²) in [5.41, 5.74) is 4.30. The third-order valence-electron chi connectivity index (χ3n) is 7.03. The van der Waals surface area contributed by atoms with Crippen LogP contribution in [-0.2, 0) is 25.7 Å². The van der Waals surface area contributed by atoms with Gasteiger partial charge in [0.1, 0.15) is 0 Å². The van der Waals surface area contributed by atoms with Crippen molar-refractivity contribution in [2.45, 2.75) is 55.6 Å². The molecule has 1 saturated heterocycles. The molecule has 1 fully saturated rings. The number of amides is 1. The zero-order chi connectivity index (χ0) is 28.8. The van der Waals surface area contributed by atoms with Crippen molar-refractivity contribution in [3.8, 4) is 0 Å². The summed E-state index contributed by atoms with van der Waals surface area (Å²) in [5.74, 6) is -0.381. The SMILES string of the molecule is C[C@@H]1[C@H](CSc2nc3ccccc3s2)O[C@H](c2ccc(NC(=O)CCCC(=O)O)cc2)O[C@@H]1c1ccc(CO)cc1. The Hall–Kier alpha value is -3.28. The van der Waals surface area contributed by atoms with Crippen LogP contribution in [-0.4, -0.2) is 38.9 Å². The topological polar surface area (TPSA) is 118 Å². The number of rotatable bonds is 11. The van der Waals surface area contributed by atoms with Crippen molar-refractivity contribution in [1.29, 1.82) is 0 Å². The molecule has 0 bridgehead atoms. The number of hydrogen-bond donors (Lipinski definition) is 3. The van der Waals surface area contributed by atoms with E-state index in [1.54, 1.807) is 35.2 Å². The molecule has 0 saturated carbocycles. The number of ether oxygens (including phenoxy) is 2. The van der Waals surface area contributed by atoms with Crippen molar-refractivity contribution in [1.82, 2.24) is 4.98 Å². The van der Waals surface area contributed by atoms with Crippen LogP contribution in [0.3, 0.4) is 0 Å². The van der Waals surface area contributed by atoms with Gasteiger partial charge in [0, 0.05) is 35.8 Å². The number of thiazole rings is 1. The van der Waals surface area contributed by atoms with Crippen LogP contribution in [0.15, 0.2) is 77.1 Å². The largest absolute Gasteiger partial charge is 0.481 e. The minimum Gasteiger partial charge on any atom is -0.481 e. The van der Waals surface area contributed by atoms with Crippen molar-refractivity contribution in [3.05, 3.63) is 89.5 Å². The Kier molecular flexibility index (Phi) is 9.68. The number of nitrogens with zero attached hydrogens (tertiary/aromatic N) is 1. The van der Waals surface area contributed by atoms with Crippen LogP contribution in [0.1, 0.15) is 55.3 Å². The molecule has 41 heavy (non-hydrogen) atoms. The van der Waals surface area contributed by atoms with E-state index in [1.807, 2.05) is 54.6 Å². The van der Waals surface area contributed by atoms with Crippen LogP contribution >= 0.6 is 23.1 Å². The molecule has 4 aromatic rings. The number of benzene rings is 3. The number of anilines is 1. The number of aromatic nitrogens is 1. The van der Waals surface area contributed by atoms with E-state index in [9.17, 15) is 14.7 Å². The summed E-state index contributed by atoms with van der Waals surface area (Å²) in [7, 11) is 0. The van der Waals surface area contributed by atoms with Crippen LogP contribution in [0.25, 0.3) is 10.2 Å². The minimum absolute atomic E-state index is 0.0169. The van der Waals surface area contributed by atoms with Gasteiger partial charge in [-0.05, 0) is 41.8 Å². The molecular weight excluding hydrogens is 560 g/mol. The van der Waals surface area contributed by atoms with Crippen LogP contribution < -0.4 is 5.32 Å². The summed E-state index contributed by atoms with van der Waals surface area (Å²) >= 11 is 3.36. The fourth-order valence-corrected chi connectivity index (χ4v) is 6.98. The molecule has 1 aromatic heterocycles. The Morgan fingerprint density at radius 3 is 2.41 bits per heavy atom. The molecule has 0 aliphatic carbocycles. The van der Waals surface area contributed by atoms with Crippen molar-refractivity contribution in [2.24, 2.45) is 5.92 Å². The van der Waals surface area contributed by atoms with Gasteiger partial charge in [0.05, 0.1) is 29.0 Å². The van der Waals surface area contributed by atoms with Gasteiger partial charge in [-0.1, -0.05) is 67.2 Å². The highest BCUT2D eigenvalue weighted by atomic mass is 32.2. The number of nitrogens with one attached hydrogen (secondary N) is 1. The third kappa shape index (κ3) is 7.52. The molecule has 0 radical (unpaired) electrons. The molecule has 214 valence electrons. The zero-order valence-electron chi connectivity index (χ0n) is 22.6. The fraction of sp³-hybridized carbons (Fsp3) is 0.323. The van der Waals surface area contributed by atoms with Crippen molar-refractivity contribution < 1.29 is 29.3 Å². The molecule has 1 amide bonds. The predicted octanol–water partition coefficient (Wildman–Crippen LogP) is 6.57. The van der Waals surface area contributed by atoms with Gasteiger partial charge >= 0.3 is 5.97 Å². The zero-order valence-corrected chi connectivity index (χ0v) is 24.2. The Morgan fingerprint density at radius 2 is 1.71 bits per heavy atom. The second-order valence-corrected chi connectivity index (χ2v) is 12.3. The number of carbonyl (C=O) groups excluding carboxylic acids is 1. The van der Waals surface area contributed by atoms with E-state index >= 15 is 0 Å². The summed E-state index contributed by atoms with van der Waals surface area (Å²) in [6.07, 6.45) is -0.569. The number of aliphatic hydroxyl groups is 1. The first-order chi connectivity index (χ1) is 19.9. The van der Waals surface area contributed by atoms with Gasteiger partial charge in [0.15, 0.2) is 10.6 Å². The van der Waals surface area contributed by atoms with Crippen LogP contribution in [0.2, 0.25) is 0 Å². The van der Waals surface area contributed by atoms with E-state index in [0.717, 1.165) is 31.2 Å². The van der Waals surface area contributed by atoms with Gasteiger partial charge in [-0.15, -0.1) is 11.3 Å². The quantitative estimate of drug-likeness (QED) is 0.168. The molecule has 1 aliphatic heterocycles. The first-order valence-corrected chi connectivity index (χ1v) is 15.3. The number of fused-ring (bicyclic) bond motifs is 1. The van der Waals surface area contributed by atoms with Gasteiger partial charge in [-0.2, -0.15) is 0 Å². The number of carboxylic acids is 1. The maximum atomic E-state index is 12.2. The van der Waals surface area contributed by atoms with Gasteiger partial charge in [0.25, 0.3) is 0 Å². The standard InChI is InChI=1S/C31H32N2O6S2/c1-19-25(18-40-31-33-24-5-2-3-6-26(24)41-31)38-30(39-29(19)21-11-9-20(17-34)10-12-21)22-13-15-23(16-14-22)32-27(35)7-4-8-28(36)37/h2-3,5-6,9-16,19,25,29-30,34H,4,7-8,17-18H2,1H3,(H,32,35)(H,36,37)/t19-,25+,29+,30+/m1/s1. The number of para-hydroxylation sites is 1. The monoisotopic (exact) mass is 592 g/mol. The van der Waals surface area contributed by atoms with E-state index in [4.69, 9.17) is 19.6 Å². The summed E-state index contributed by atoms with van der Waals surface area (Å²) in [6.45, 7) is 2.12. The summed E-state index contributed by atoms with van der Waals surface area (Å²) in [4.78, 5) is 27.6. The van der Waals surface area contributed by atoms with Gasteiger partial charge in [-0.3, -0.25) is 9.59 Å². The second-order valence-electron chi connectivity index (χ2n) is 10.00. The lowest BCUT2D eigenvalue weighted by Crippen LogP contribution is -2.38. The van der Waals surface area contributed by atoms with E-state index in [0.29, 0.717) is 11.4 Å². The van der Waals surface area contributed by atoms with Crippen LogP contribution in [0, 0.1) is 5.92 Å². The molecule has 1 aliphatic rings. The summed E-state index contributed by atoms with van der Waals surface area (Å²) < 4.78 is 15.2. The smallest absolute Gasteiger partial charge is 0.303 e. The molecule has 5 rings (SSSR count). The Bertz CT molecular complexity index is 1440. The van der Waals surface area contributed by atoms with E-state index in [1.165, 1.54) is 0 Å². The molecule has 0 unspecified atom stereocenters. The van der Waals surface area contributed by atoms with Crippen molar-refractivity contribution in [2.75, 3.05) is 11.1 Å². The van der Waals surface area contributed by atoms with E-state index < -0.39 is 12.3 Å². The highest BCUT2D eigenvalue weighted by Gasteiger charge is 2.38. The maximum Gasteiger partial charge on any atom is 0.303 e. The third-order valence-corrected chi connectivity index (χ3v) is 9.30. The van der Waals surface area contributed by atoms with Gasteiger partial charge in [0.2, 0.25) is 5.91 Å². The first-order valence-electron chi connectivity index (χ1n) is 13.5. The Balaban J connectivity index is 1.31. The highest BCUT2D eigenvalue weighted by molar-refractivity contribution is 8.01. The lowest BCUT2D eigenvalue weighted by molar-refractivity contribution is -0.268. The molecule has 3 N–H and O–H groups in total. The fourth-order valence-electron chi connectivity index (χ4n) is 4.72. The van der Waals surface area contributed by atoms with E-state index in [2.05, 4.69) is 18.3 Å². The number of thioether (sulfide) groups is 1. The second kappa shape index (κ2) is 13.6. The molecule has 2 heterocycles. The molecule has 4 atom stereocenters. The van der Waals surface area contributed by atoms with Crippen LogP contribution in [0.4, 0.5) is 5.69 Å². The Morgan fingerprint density at radius 1 is 0.976 bits per heavy atom. The number of aliphatic carboxylic acids is 1. The molecule has 8 nitrogen and oxygen atoms in total. The van der Waals surface area contributed by atoms with Gasteiger partial charge < -0.3 is 25.0 Å². The average Bonchev–Trinajstić information content (AvgIpc) is 3.40. The van der Waals surface area contributed by atoms with Gasteiger partial charge in [-0.25, -0.2) is 4.98 Å². The summed E-state index contributed by atoms with van der Waals surface area (Å²) in [5, 5.41) is 21.1. The van der Waals surface area contributed by atoms with Crippen molar-refractivity contribution >= 4 is 50.9 Å². The van der Waals surface area contributed by atoms with E-state index in [-0.39, 0.29) is 49.9 Å². The molecule has 3 aromatic carbocycles. The highest BCUT2D eigenvalue weighted by Crippen LogP contribution is 2.43. The average molecular weight is 593 g/mol. The summed E-state index contributed by atoms with van der Waals surface area (Å²) in [6, 6.07) is 23.3. The number of aliphatic hydroxyl groups excluding tert-OH is 1. The number of carbonyl (C=O) groups is 2. The van der Waals surface area contributed by atoms with Crippen molar-refractivity contribution in [3.63, 3.8) is 0 Å². The molecular formula is C31H32N2O6S2. The number of carboxylic acid groups (broad SMARTS) is 1. The predicted molar refractivity (Wildman–Crippen MR) is 160 cm³/mol. The minimum atomic E-state index is -0.914. The molecule has 0 spiro atoms. The Labute approximate surface area is 246 Å². The normalized spacial score (nSPS) is 20.6.